The van der Waals surface area contributed by atoms with Crippen LogP contribution in [0.25, 0.3) is 0 Å². The van der Waals surface area contributed by atoms with Crippen molar-refractivity contribution >= 4 is 5.69 Å². The Morgan fingerprint density at radius 3 is 2.42 bits per heavy atom. The maximum atomic E-state index is 13.8. The molecule has 108 valence electrons. The van der Waals surface area contributed by atoms with Crippen molar-refractivity contribution in [2.24, 2.45) is 0 Å². The fraction of sp³-hybridized carbons (Fsp3) is 0.600. The second kappa shape index (κ2) is 8.12. The summed E-state index contributed by atoms with van der Waals surface area (Å²) in [6.45, 7) is 8.46. The van der Waals surface area contributed by atoms with E-state index >= 15 is 0 Å². The third kappa shape index (κ3) is 5.17. The zero-order chi connectivity index (χ0) is 14.3. The van der Waals surface area contributed by atoms with Gasteiger partial charge in [0, 0.05) is 32.7 Å². The Bertz CT molecular complexity index is 376. The van der Waals surface area contributed by atoms with Gasteiger partial charge in [0.25, 0.3) is 0 Å². The molecular formula is C15H26FN3. The third-order valence-electron chi connectivity index (χ3n) is 3.18. The molecule has 19 heavy (non-hydrogen) atoms. The van der Waals surface area contributed by atoms with Crippen molar-refractivity contribution in [3.8, 4) is 0 Å². The molecule has 0 aliphatic rings. The Labute approximate surface area is 116 Å². The van der Waals surface area contributed by atoms with Gasteiger partial charge in [-0.15, -0.1) is 0 Å². The van der Waals surface area contributed by atoms with Crippen LogP contribution in [0.5, 0.6) is 0 Å². The van der Waals surface area contributed by atoms with Crippen LogP contribution in [0.3, 0.4) is 0 Å². The molecule has 0 heterocycles. The first-order valence-electron chi connectivity index (χ1n) is 6.97. The van der Waals surface area contributed by atoms with E-state index in [4.69, 9.17) is 0 Å². The number of benzene rings is 1. The zero-order valence-electron chi connectivity index (χ0n) is 12.5. The second-order valence-corrected chi connectivity index (χ2v) is 4.94. The van der Waals surface area contributed by atoms with E-state index in [1.54, 1.807) is 6.07 Å². The molecule has 0 saturated heterocycles. The van der Waals surface area contributed by atoms with Crippen molar-refractivity contribution in [1.29, 1.82) is 0 Å². The predicted octanol–water partition coefficient (Wildman–Crippen LogP) is 2.32. The van der Waals surface area contributed by atoms with Crippen molar-refractivity contribution in [1.82, 2.24) is 10.2 Å². The number of hydrogen-bond donors (Lipinski definition) is 1. The number of nitrogens with one attached hydrogen (secondary N) is 1. The van der Waals surface area contributed by atoms with Gasteiger partial charge >= 0.3 is 0 Å². The summed E-state index contributed by atoms with van der Waals surface area (Å²) in [5.74, 6) is -0.138. The molecule has 1 rings (SSSR count). The van der Waals surface area contributed by atoms with E-state index in [-0.39, 0.29) is 5.82 Å². The maximum absolute atomic E-state index is 13.8. The number of nitrogens with zero attached hydrogens (tertiary/aromatic N) is 2. The summed E-state index contributed by atoms with van der Waals surface area (Å²) in [6.07, 6.45) is 0. The molecule has 0 aliphatic carbocycles. The van der Waals surface area contributed by atoms with Gasteiger partial charge in [-0.1, -0.05) is 6.07 Å². The first-order valence-corrected chi connectivity index (χ1v) is 6.97. The van der Waals surface area contributed by atoms with Crippen LogP contribution in [0.15, 0.2) is 18.2 Å². The van der Waals surface area contributed by atoms with Crippen molar-refractivity contribution in [3.63, 3.8) is 0 Å². The highest BCUT2D eigenvalue weighted by Crippen LogP contribution is 2.20. The molecule has 0 bridgehead atoms. The molecule has 0 fully saturated rings. The first-order chi connectivity index (χ1) is 9.08. The monoisotopic (exact) mass is 267 g/mol. The number of hydrogen-bond acceptors (Lipinski definition) is 3. The molecule has 0 saturated carbocycles. The average Bonchev–Trinajstić information content (AvgIpc) is 2.39. The molecule has 0 aromatic heterocycles. The van der Waals surface area contributed by atoms with Gasteiger partial charge in [-0.25, -0.2) is 4.39 Å². The Morgan fingerprint density at radius 1 is 1.16 bits per heavy atom. The average molecular weight is 267 g/mol. The number of likely N-dealkylation sites (N-methyl/N-ethyl adjacent to an activating group) is 1. The van der Waals surface area contributed by atoms with E-state index in [0.717, 1.165) is 38.3 Å². The van der Waals surface area contributed by atoms with Gasteiger partial charge in [0.2, 0.25) is 0 Å². The molecule has 0 aliphatic heterocycles. The Hall–Kier alpha value is -1.13. The quantitative estimate of drug-likeness (QED) is 0.729. The Kier molecular flexibility index (Phi) is 6.81. The summed E-state index contributed by atoms with van der Waals surface area (Å²) in [5.41, 5.74) is 1.83. The summed E-state index contributed by atoms with van der Waals surface area (Å²) in [4.78, 5) is 4.18. The molecule has 1 N–H and O–H groups in total. The van der Waals surface area contributed by atoms with Gasteiger partial charge in [0.15, 0.2) is 0 Å². The number of anilines is 1. The molecule has 0 radical (unpaired) electrons. The lowest BCUT2D eigenvalue weighted by Gasteiger charge is -2.22. The van der Waals surface area contributed by atoms with Crippen LogP contribution in [0, 0.1) is 5.82 Å². The molecular weight excluding hydrogens is 241 g/mol. The van der Waals surface area contributed by atoms with Gasteiger partial charge < -0.3 is 15.1 Å². The summed E-state index contributed by atoms with van der Waals surface area (Å²) in [6, 6.07) is 5.37. The number of halogens is 1. The Balaban J connectivity index is 2.62. The van der Waals surface area contributed by atoms with Crippen molar-refractivity contribution in [2.45, 2.75) is 20.4 Å². The molecule has 0 spiro atoms. The molecule has 3 nitrogen and oxygen atoms in total. The van der Waals surface area contributed by atoms with Crippen LogP contribution in [-0.2, 0) is 6.54 Å². The van der Waals surface area contributed by atoms with Crippen LogP contribution in [0.1, 0.15) is 19.4 Å². The second-order valence-electron chi connectivity index (χ2n) is 4.94. The fourth-order valence-electron chi connectivity index (χ4n) is 2.01. The Morgan fingerprint density at radius 2 is 1.84 bits per heavy atom. The predicted molar refractivity (Wildman–Crippen MR) is 80.2 cm³/mol. The highest BCUT2D eigenvalue weighted by atomic mass is 19.1. The van der Waals surface area contributed by atoms with Gasteiger partial charge in [-0.05, 0) is 45.6 Å². The summed E-state index contributed by atoms with van der Waals surface area (Å²) in [5, 5.41) is 3.37. The largest absolute Gasteiger partial charge is 0.370 e. The van der Waals surface area contributed by atoms with E-state index in [1.165, 1.54) is 0 Å². The van der Waals surface area contributed by atoms with E-state index < -0.39 is 0 Å². The zero-order valence-corrected chi connectivity index (χ0v) is 12.5. The van der Waals surface area contributed by atoms with Crippen LogP contribution >= 0.6 is 0 Å². The minimum Gasteiger partial charge on any atom is -0.370 e. The molecule has 1 aromatic carbocycles. The van der Waals surface area contributed by atoms with E-state index in [0.29, 0.717) is 5.69 Å². The van der Waals surface area contributed by atoms with Crippen molar-refractivity contribution < 1.29 is 4.39 Å². The fourth-order valence-corrected chi connectivity index (χ4v) is 2.01. The van der Waals surface area contributed by atoms with Crippen LogP contribution in [-0.4, -0.2) is 45.2 Å². The smallest absolute Gasteiger partial charge is 0.146 e. The SMILES string of the molecule is CCN(CC)c1cc(CNCCN(C)C)ccc1F. The lowest BCUT2D eigenvalue weighted by atomic mass is 10.1. The molecule has 0 unspecified atom stereocenters. The summed E-state index contributed by atoms with van der Waals surface area (Å²) in [7, 11) is 4.11. The normalized spacial score (nSPS) is 11.1. The molecule has 0 amide bonds. The lowest BCUT2D eigenvalue weighted by Crippen LogP contribution is -2.26. The van der Waals surface area contributed by atoms with Crippen LogP contribution in [0.4, 0.5) is 10.1 Å². The van der Waals surface area contributed by atoms with Crippen molar-refractivity contribution in [3.05, 3.63) is 29.6 Å². The van der Waals surface area contributed by atoms with Crippen LogP contribution in [0.2, 0.25) is 0 Å². The number of rotatable bonds is 8. The van der Waals surface area contributed by atoms with E-state index in [2.05, 4.69) is 24.3 Å². The topological polar surface area (TPSA) is 18.5 Å². The summed E-state index contributed by atoms with van der Waals surface area (Å²) >= 11 is 0. The van der Waals surface area contributed by atoms with Gasteiger partial charge in [-0.3, -0.25) is 0 Å². The van der Waals surface area contributed by atoms with Gasteiger partial charge in [0.05, 0.1) is 5.69 Å². The molecule has 0 atom stereocenters. The minimum atomic E-state index is -0.138. The first kappa shape index (κ1) is 15.9. The molecule has 4 heteroatoms. The highest BCUT2D eigenvalue weighted by molar-refractivity contribution is 5.49. The van der Waals surface area contributed by atoms with E-state index in [1.807, 2.05) is 30.9 Å². The third-order valence-corrected chi connectivity index (χ3v) is 3.18. The van der Waals surface area contributed by atoms with Crippen LogP contribution < -0.4 is 10.2 Å². The summed E-state index contributed by atoms with van der Waals surface area (Å²) < 4.78 is 13.8. The lowest BCUT2D eigenvalue weighted by molar-refractivity contribution is 0.400. The minimum absolute atomic E-state index is 0.138. The maximum Gasteiger partial charge on any atom is 0.146 e. The standard InChI is InChI=1S/C15H26FN3/c1-5-19(6-2)15-11-13(7-8-14(15)16)12-17-9-10-18(3)4/h7-8,11,17H,5-6,9-10,12H2,1-4H3. The van der Waals surface area contributed by atoms with Crippen molar-refractivity contribution in [2.75, 3.05) is 45.2 Å². The highest BCUT2D eigenvalue weighted by Gasteiger charge is 2.09. The van der Waals surface area contributed by atoms with Gasteiger partial charge in [0.1, 0.15) is 5.82 Å². The molecule has 1 aromatic rings. The van der Waals surface area contributed by atoms with E-state index in [9.17, 15) is 4.39 Å². The van der Waals surface area contributed by atoms with Gasteiger partial charge in [-0.2, -0.15) is 0 Å².